The molecule has 0 bridgehead atoms. The number of anilines is 1. The van der Waals surface area contributed by atoms with Crippen molar-refractivity contribution >= 4 is 11.6 Å². The molecule has 1 aliphatic heterocycles. The van der Waals surface area contributed by atoms with E-state index in [1.165, 1.54) is 11.0 Å². The van der Waals surface area contributed by atoms with Crippen LogP contribution in [-0.4, -0.2) is 32.8 Å². The Bertz CT molecular complexity index is 1220. The van der Waals surface area contributed by atoms with Gasteiger partial charge < -0.3 is 9.42 Å². The summed E-state index contributed by atoms with van der Waals surface area (Å²) in [4.78, 5) is 18.4. The van der Waals surface area contributed by atoms with Gasteiger partial charge in [-0.2, -0.15) is 10.1 Å². The van der Waals surface area contributed by atoms with E-state index in [9.17, 15) is 9.18 Å². The SMILES string of the molecule is Cc1ccc(F)c(N2CC(c3noc(-c4cc(-c5ccccc5)n[nH]4)n3)CC2=O)c1. The molecular formula is C22H18FN5O2. The van der Waals surface area contributed by atoms with Gasteiger partial charge in [0.15, 0.2) is 5.82 Å². The van der Waals surface area contributed by atoms with Crippen LogP contribution in [0.4, 0.5) is 10.1 Å². The van der Waals surface area contributed by atoms with E-state index in [1.807, 2.05) is 43.3 Å². The van der Waals surface area contributed by atoms with Gasteiger partial charge in [-0.3, -0.25) is 9.89 Å². The van der Waals surface area contributed by atoms with Gasteiger partial charge >= 0.3 is 0 Å². The third-order valence-electron chi connectivity index (χ3n) is 5.20. The van der Waals surface area contributed by atoms with Crippen molar-refractivity contribution in [3.8, 4) is 22.8 Å². The minimum atomic E-state index is -0.422. The van der Waals surface area contributed by atoms with Crippen LogP contribution in [0.15, 0.2) is 59.1 Å². The highest BCUT2D eigenvalue weighted by molar-refractivity contribution is 5.96. The Hall–Kier alpha value is -3.81. The van der Waals surface area contributed by atoms with Crippen LogP contribution in [0.1, 0.15) is 23.7 Å². The maximum atomic E-state index is 14.2. The Morgan fingerprint density at radius 2 is 2.00 bits per heavy atom. The fraction of sp³-hybridized carbons (Fsp3) is 0.182. The van der Waals surface area contributed by atoms with Crippen LogP contribution >= 0.6 is 0 Å². The third kappa shape index (κ3) is 3.26. The van der Waals surface area contributed by atoms with E-state index in [1.54, 1.807) is 12.1 Å². The number of rotatable bonds is 4. The third-order valence-corrected chi connectivity index (χ3v) is 5.20. The zero-order chi connectivity index (χ0) is 20.7. The van der Waals surface area contributed by atoms with E-state index < -0.39 is 5.82 Å². The average Bonchev–Trinajstić information content (AvgIpc) is 3.49. The van der Waals surface area contributed by atoms with Crippen LogP contribution in [0.5, 0.6) is 0 Å². The number of amides is 1. The first-order chi connectivity index (χ1) is 14.6. The molecule has 3 heterocycles. The molecule has 1 fully saturated rings. The van der Waals surface area contributed by atoms with Gasteiger partial charge in [0.25, 0.3) is 5.89 Å². The summed E-state index contributed by atoms with van der Waals surface area (Å²) >= 11 is 0. The molecule has 1 amide bonds. The molecule has 8 heteroatoms. The standard InChI is InChI=1S/C22H18FN5O2/c1-13-7-8-16(23)19(9-13)28-12-15(10-20(28)29)21-24-22(30-27-21)18-11-17(25-26-18)14-5-3-2-4-6-14/h2-9,11,15H,10,12H2,1H3,(H,25,26). The molecule has 0 radical (unpaired) electrons. The number of aromatic nitrogens is 4. The summed E-state index contributed by atoms with van der Waals surface area (Å²) in [5.41, 5.74) is 3.50. The Morgan fingerprint density at radius 3 is 2.83 bits per heavy atom. The maximum absolute atomic E-state index is 14.2. The first-order valence-corrected chi connectivity index (χ1v) is 9.60. The number of hydrogen-bond donors (Lipinski definition) is 1. The van der Waals surface area contributed by atoms with Crippen molar-refractivity contribution < 1.29 is 13.7 Å². The summed E-state index contributed by atoms with van der Waals surface area (Å²) in [6, 6.07) is 16.3. The molecule has 1 N–H and O–H groups in total. The molecule has 0 aliphatic carbocycles. The molecule has 1 saturated heterocycles. The zero-order valence-corrected chi connectivity index (χ0v) is 16.2. The van der Waals surface area contributed by atoms with Crippen molar-refractivity contribution in [2.45, 2.75) is 19.3 Å². The Labute approximate surface area is 171 Å². The van der Waals surface area contributed by atoms with Crippen molar-refractivity contribution in [3.05, 3.63) is 71.8 Å². The monoisotopic (exact) mass is 403 g/mol. The number of nitrogens with zero attached hydrogens (tertiary/aromatic N) is 4. The van der Waals surface area contributed by atoms with E-state index in [0.717, 1.165) is 16.8 Å². The lowest BCUT2D eigenvalue weighted by Crippen LogP contribution is -2.25. The number of carbonyl (C=O) groups is 1. The van der Waals surface area contributed by atoms with Gasteiger partial charge in [-0.15, -0.1) is 0 Å². The maximum Gasteiger partial charge on any atom is 0.275 e. The summed E-state index contributed by atoms with van der Waals surface area (Å²) in [5.74, 6) is -0.137. The Morgan fingerprint density at radius 1 is 1.17 bits per heavy atom. The number of halogens is 1. The largest absolute Gasteiger partial charge is 0.332 e. The zero-order valence-electron chi connectivity index (χ0n) is 16.2. The Kier molecular flexibility index (Phi) is 4.39. The molecule has 4 aromatic rings. The number of H-pyrrole nitrogens is 1. The second-order valence-corrected chi connectivity index (χ2v) is 7.35. The van der Waals surface area contributed by atoms with E-state index in [-0.39, 0.29) is 23.9 Å². The minimum absolute atomic E-state index is 0.163. The van der Waals surface area contributed by atoms with Crippen molar-refractivity contribution in [1.82, 2.24) is 20.3 Å². The van der Waals surface area contributed by atoms with E-state index >= 15 is 0 Å². The molecule has 1 atom stereocenters. The molecule has 30 heavy (non-hydrogen) atoms. The first-order valence-electron chi connectivity index (χ1n) is 9.60. The number of aryl methyl sites for hydroxylation is 1. The van der Waals surface area contributed by atoms with Crippen molar-refractivity contribution in [3.63, 3.8) is 0 Å². The molecule has 0 spiro atoms. The van der Waals surface area contributed by atoms with Gasteiger partial charge in [-0.05, 0) is 30.7 Å². The molecule has 150 valence electrons. The van der Waals surface area contributed by atoms with Crippen molar-refractivity contribution in [2.24, 2.45) is 0 Å². The van der Waals surface area contributed by atoms with Gasteiger partial charge in [0, 0.05) is 24.4 Å². The predicted octanol–water partition coefficient (Wildman–Crippen LogP) is 4.09. The molecule has 2 aromatic heterocycles. The summed E-state index contributed by atoms with van der Waals surface area (Å²) in [6.45, 7) is 2.16. The molecular weight excluding hydrogens is 385 g/mol. The summed E-state index contributed by atoms with van der Waals surface area (Å²) in [7, 11) is 0. The fourth-order valence-corrected chi connectivity index (χ4v) is 3.64. The normalized spacial score (nSPS) is 16.4. The van der Waals surface area contributed by atoms with Gasteiger partial charge in [0.05, 0.1) is 11.4 Å². The molecule has 0 saturated carbocycles. The molecule has 1 aliphatic rings. The minimum Gasteiger partial charge on any atom is -0.332 e. The van der Waals surface area contributed by atoms with E-state index in [4.69, 9.17) is 4.52 Å². The van der Waals surface area contributed by atoms with Gasteiger partial charge in [0.2, 0.25) is 5.91 Å². The van der Waals surface area contributed by atoms with Crippen LogP contribution in [0.3, 0.4) is 0 Å². The Balaban J connectivity index is 1.37. The topological polar surface area (TPSA) is 87.9 Å². The molecule has 7 nitrogen and oxygen atoms in total. The van der Waals surface area contributed by atoms with Crippen LogP contribution < -0.4 is 4.90 Å². The fourth-order valence-electron chi connectivity index (χ4n) is 3.64. The van der Waals surface area contributed by atoms with E-state index in [0.29, 0.717) is 24.0 Å². The number of carbonyl (C=O) groups excluding carboxylic acids is 1. The lowest BCUT2D eigenvalue weighted by molar-refractivity contribution is -0.117. The van der Waals surface area contributed by atoms with Gasteiger partial charge in [-0.1, -0.05) is 41.6 Å². The quantitative estimate of drug-likeness (QED) is 0.554. The highest BCUT2D eigenvalue weighted by Crippen LogP contribution is 2.33. The lowest BCUT2D eigenvalue weighted by Gasteiger charge is -2.17. The van der Waals surface area contributed by atoms with Crippen LogP contribution in [0.2, 0.25) is 0 Å². The number of hydrogen-bond acceptors (Lipinski definition) is 5. The first kappa shape index (κ1) is 18.2. The van der Waals surface area contributed by atoms with Crippen molar-refractivity contribution in [1.29, 1.82) is 0 Å². The van der Waals surface area contributed by atoms with Crippen LogP contribution in [0, 0.1) is 12.7 Å². The summed E-state index contributed by atoms with van der Waals surface area (Å²) in [6.07, 6.45) is 0.199. The smallest absolute Gasteiger partial charge is 0.275 e. The van der Waals surface area contributed by atoms with Gasteiger partial charge in [-0.25, -0.2) is 4.39 Å². The summed E-state index contributed by atoms with van der Waals surface area (Å²) in [5, 5.41) is 11.3. The number of aromatic amines is 1. The summed E-state index contributed by atoms with van der Waals surface area (Å²) < 4.78 is 19.6. The second-order valence-electron chi connectivity index (χ2n) is 7.35. The number of benzene rings is 2. The second kappa shape index (κ2) is 7.22. The highest BCUT2D eigenvalue weighted by Gasteiger charge is 2.36. The molecule has 1 unspecified atom stereocenters. The van der Waals surface area contributed by atoms with E-state index in [2.05, 4.69) is 20.3 Å². The van der Waals surface area contributed by atoms with Gasteiger partial charge in [0.1, 0.15) is 11.5 Å². The number of nitrogens with one attached hydrogen (secondary N) is 1. The predicted molar refractivity (Wildman–Crippen MR) is 108 cm³/mol. The average molecular weight is 403 g/mol. The lowest BCUT2D eigenvalue weighted by atomic mass is 10.1. The molecule has 5 rings (SSSR count). The molecule has 2 aromatic carbocycles. The highest BCUT2D eigenvalue weighted by atomic mass is 19.1. The van der Waals surface area contributed by atoms with Crippen molar-refractivity contribution in [2.75, 3.05) is 11.4 Å². The van der Waals surface area contributed by atoms with Crippen LogP contribution in [0.25, 0.3) is 22.8 Å². The van der Waals surface area contributed by atoms with Crippen LogP contribution in [-0.2, 0) is 4.79 Å².